The van der Waals surface area contributed by atoms with Crippen molar-refractivity contribution in [1.82, 2.24) is 5.32 Å². The van der Waals surface area contributed by atoms with Gasteiger partial charge in [0.2, 0.25) is 0 Å². The Morgan fingerprint density at radius 3 is 2.55 bits per heavy atom. The fourth-order valence-electron chi connectivity index (χ4n) is 3.78. The summed E-state index contributed by atoms with van der Waals surface area (Å²) >= 11 is 0. The minimum absolute atomic E-state index is 0.367. The topological polar surface area (TPSA) is 24.5 Å². The molecule has 20 heavy (non-hydrogen) atoms. The third-order valence-electron chi connectivity index (χ3n) is 5.06. The molecule has 110 valence electrons. The molecule has 1 saturated heterocycles. The maximum atomic E-state index is 5.27. The Hall–Kier alpha value is -1.22. The molecule has 2 aliphatic rings. The van der Waals surface area contributed by atoms with E-state index in [0.29, 0.717) is 11.6 Å². The fraction of sp³-hybridized carbons (Fsp3) is 0.647. The highest BCUT2D eigenvalue weighted by atomic mass is 16.5. The number of hydrogen-bond donors (Lipinski definition) is 1. The van der Waals surface area contributed by atoms with Crippen molar-refractivity contribution < 1.29 is 4.74 Å². The molecule has 0 radical (unpaired) electrons. The number of rotatable bonds is 3. The van der Waals surface area contributed by atoms with Crippen LogP contribution in [0, 0.1) is 0 Å². The Bertz CT molecular complexity index is 437. The van der Waals surface area contributed by atoms with Gasteiger partial charge in [0.25, 0.3) is 0 Å². The number of anilines is 1. The maximum Gasteiger partial charge on any atom is 0.119 e. The molecule has 1 aromatic carbocycles. The lowest BCUT2D eigenvalue weighted by molar-refractivity contribution is 0.267. The number of benzene rings is 1. The second-order valence-corrected chi connectivity index (χ2v) is 6.26. The molecule has 0 aromatic heterocycles. The van der Waals surface area contributed by atoms with Gasteiger partial charge in [-0.2, -0.15) is 0 Å². The van der Waals surface area contributed by atoms with Crippen molar-refractivity contribution in [3.63, 3.8) is 0 Å². The molecule has 1 aliphatic heterocycles. The molecule has 1 atom stereocenters. The van der Waals surface area contributed by atoms with Gasteiger partial charge < -0.3 is 15.0 Å². The van der Waals surface area contributed by atoms with Crippen molar-refractivity contribution in [2.24, 2.45) is 0 Å². The van der Waals surface area contributed by atoms with Crippen LogP contribution in [-0.2, 0) is 0 Å². The molecule has 1 saturated carbocycles. The van der Waals surface area contributed by atoms with E-state index in [1.807, 2.05) is 0 Å². The predicted octanol–water partition coefficient (Wildman–Crippen LogP) is 3.20. The van der Waals surface area contributed by atoms with Crippen LogP contribution in [0.1, 0.15) is 39.0 Å². The zero-order chi connectivity index (χ0) is 14.0. The predicted molar refractivity (Wildman–Crippen MR) is 83.6 cm³/mol. The molecule has 0 bridgehead atoms. The van der Waals surface area contributed by atoms with Gasteiger partial charge in [-0.25, -0.2) is 0 Å². The van der Waals surface area contributed by atoms with E-state index in [9.17, 15) is 0 Å². The first kappa shape index (κ1) is 13.7. The van der Waals surface area contributed by atoms with Crippen LogP contribution in [0.2, 0.25) is 0 Å². The first-order valence-corrected chi connectivity index (χ1v) is 7.92. The smallest absolute Gasteiger partial charge is 0.119 e. The van der Waals surface area contributed by atoms with Gasteiger partial charge >= 0.3 is 0 Å². The van der Waals surface area contributed by atoms with Crippen molar-refractivity contribution in [1.29, 1.82) is 0 Å². The third kappa shape index (κ3) is 2.51. The summed E-state index contributed by atoms with van der Waals surface area (Å²) in [5, 5.41) is 3.85. The summed E-state index contributed by atoms with van der Waals surface area (Å²) in [5.41, 5.74) is 1.71. The quantitative estimate of drug-likeness (QED) is 0.916. The summed E-state index contributed by atoms with van der Waals surface area (Å²) in [5.74, 6) is 0.938. The van der Waals surface area contributed by atoms with Crippen molar-refractivity contribution in [3.8, 4) is 5.75 Å². The summed E-state index contributed by atoms with van der Waals surface area (Å²) in [6.07, 6.45) is 6.60. The molecule has 1 N–H and O–H groups in total. The Morgan fingerprint density at radius 1 is 1.25 bits per heavy atom. The van der Waals surface area contributed by atoms with Gasteiger partial charge in [0.15, 0.2) is 0 Å². The second kappa shape index (κ2) is 5.65. The van der Waals surface area contributed by atoms with Crippen LogP contribution >= 0.6 is 0 Å². The van der Waals surface area contributed by atoms with Crippen LogP contribution in [-0.4, -0.2) is 31.8 Å². The minimum atomic E-state index is 0.367. The zero-order valence-electron chi connectivity index (χ0n) is 12.7. The van der Waals surface area contributed by atoms with Crippen LogP contribution in [0.4, 0.5) is 5.69 Å². The summed E-state index contributed by atoms with van der Waals surface area (Å²) in [7, 11) is 1.72. The van der Waals surface area contributed by atoms with Gasteiger partial charge in [-0.05, 0) is 43.5 Å². The van der Waals surface area contributed by atoms with E-state index in [1.54, 1.807) is 7.11 Å². The summed E-state index contributed by atoms with van der Waals surface area (Å²) in [4.78, 5) is 2.61. The molecule has 3 rings (SSSR count). The number of methoxy groups -OCH3 is 1. The number of nitrogens with zero attached hydrogens (tertiary/aromatic N) is 1. The van der Waals surface area contributed by atoms with Crippen LogP contribution in [0.5, 0.6) is 5.75 Å². The van der Waals surface area contributed by atoms with Gasteiger partial charge in [0.05, 0.1) is 7.11 Å². The average molecular weight is 274 g/mol. The first-order valence-electron chi connectivity index (χ1n) is 7.92. The molecule has 3 nitrogen and oxygen atoms in total. The zero-order valence-corrected chi connectivity index (χ0v) is 12.7. The summed E-state index contributed by atoms with van der Waals surface area (Å²) in [6, 6.07) is 9.16. The van der Waals surface area contributed by atoms with E-state index < -0.39 is 0 Å². The largest absolute Gasteiger partial charge is 0.497 e. The standard InChI is InChI=1S/C17H26N2O/c1-3-14-12-18-17(10-4-5-11-17)13-19(14)15-6-8-16(20-2)9-7-15/h6-9,14,18H,3-5,10-13H2,1-2H3. The van der Waals surface area contributed by atoms with Gasteiger partial charge in [0, 0.05) is 30.4 Å². The van der Waals surface area contributed by atoms with Gasteiger partial charge in [-0.3, -0.25) is 0 Å². The minimum Gasteiger partial charge on any atom is -0.497 e. The number of piperazine rings is 1. The van der Waals surface area contributed by atoms with Crippen molar-refractivity contribution in [2.45, 2.75) is 50.6 Å². The normalized spacial score (nSPS) is 25.1. The molecular formula is C17H26N2O. The highest BCUT2D eigenvalue weighted by Crippen LogP contribution is 2.35. The van der Waals surface area contributed by atoms with Gasteiger partial charge in [-0.1, -0.05) is 19.8 Å². The average Bonchev–Trinajstić information content (AvgIpc) is 2.95. The molecule has 2 fully saturated rings. The molecule has 1 spiro atoms. The third-order valence-corrected chi connectivity index (χ3v) is 5.06. The highest BCUT2D eigenvalue weighted by molar-refractivity contribution is 5.51. The SMILES string of the molecule is CCC1CNC2(CCCC2)CN1c1ccc(OC)cc1. The molecular weight excluding hydrogens is 248 g/mol. The van der Waals surface area contributed by atoms with E-state index in [4.69, 9.17) is 4.74 Å². The number of ether oxygens (including phenoxy) is 1. The molecule has 1 unspecified atom stereocenters. The van der Waals surface area contributed by atoms with Crippen LogP contribution < -0.4 is 15.0 Å². The molecule has 1 heterocycles. The lowest BCUT2D eigenvalue weighted by Crippen LogP contribution is -2.63. The molecule has 1 aromatic rings. The number of hydrogen-bond acceptors (Lipinski definition) is 3. The molecule has 3 heteroatoms. The van der Waals surface area contributed by atoms with Crippen molar-refractivity contribution in [2.75, 3.05) is 25.1 Å². The van der Waals surface area contributed by atoms with E-state index in [2.05, 4.69) is 41.4 Å². The first-order chi connectivity index (χ1) is 9.76. The summed E-state index contributed by atoms with van der Waals surface area (Å²) in [6.45, 7) is 4.55. The highest BCUT2D eigenvalue weighted by Gasteiger charge is 2.40. The van der Waals surface area contributed by atoms with Crippen molar-refractivity contribution >= 4 is 5.69 Å². The van der Waals surface area contributed by atoms with Crippen LogP contribution in [0.3, 0.4) is 0 Å². The summed E-state index contributed by atoms with van der Waals surface area (Å²) < 4.78 is 5.27. The Morgan fingerprint density at radius 2 is 1.95 bits per heavy atom. The molecule has 1 aliphatic carbocycles. The monoisotopic (exact) mass is 274 g/mol. The van der Waals surface area contributed by atoms with E-state index >= 15 is 0 Å². The van der Waals surface area contributed by atoms with E-state index in [-0.39, 0.29) is 0 Å². The van der Waals surface area contributed by atoms with E-state index in [1.165, 1.54) is 37.8 Å². The fourth-order valence-corrected chi connectivity index (χ4v) is 3.78. The second-order valence-electron chi connectivity index (χ2n) is 6.26. The van der Waals surface area contributed by atoms with Crippen molar-refractivity contribution in [3.05, 3.63) is 24.3 Å². The lowest BCUT2D eigenvalue weighted by atomic mass is 9.91. The number of nitrogens with one attached hydrogen (secondary N) is 1. The molecule has 0 amide bonds. The lowest BCUT2D eigenvalue weighted by Gasteiger charge is -2.47. The van der Waals surface area contributed by atoms with Crippen LogP contribution in [0.15, 0.2) is 24.3 Å². The maximum absolute atomic E-state index is 5.27. The Kier molecular flexibility index (Phi) is 3.88. The van der Waals surface area contributed by atoms with E-state index in [0.717, 1.165) is 18.8 Å². The Balaban J connectivity index is 1.82. The van der Waals surface area contributed by atoms with Crippen LogP contribution in [0.25, 0.3) is 0 Å². The van der Waals surface area contributed by atoms with Gasteiger partial charge in [0.1, 0.15) is 5.75 Å². The van der Waals surface area contributed by atoms with Gasteiger partial charge in [-0.15, -0.1) is 0 Å². The Labute approximate surface area is 122 Å².